The van der Waals surface area contributed by atoms with Gasteiger partial charge in [0, 0.05) is 28.2 Å². The summed E-state index contributed by atoms with van der Waals surface area (Å²) in [7, 11) is -7.23. The van der Waals surface area contributed by atoms with Gasteiger partial charge in [-0.15, -0.1) is 0 Å². The van der Waals surface area contributed by atoms with Gasteiger partial charge in [-0.05, 0) is 42.8 Å². The van der Waals surface area contributed by atoms with Crippen LogP contribution in [0.2, 0.25) is 5.02 Å². The zero-order chi connectivity index (χ0) is 22.2. The second kappa shape index (κ2) is 8.19. The van der Waals surface area contributed by atoms with Crippen molar-refractivity contribution in [2.45, 2.75) is 17.4 Å². The van der Waals surface area contributed by atoms with Gasteiger partial charge in [-0.25, -0.2) is 21.6 Å². The van der Waals surface area contributed by atoms with Crippen LogP contribution in [0.5, 0.6) is 0 Å². The first-order valence-electron chi connectivity index (χ1n) is 9.31. The van der Waals surface area contributed by atoms with Gasteiger partial charge in [0.15, 0.2) is 9.84 Å². The monoisotopic (exact) mass is 479 g/mol. The molecule has 2 N–H and O–H groups in total. The molecule has 1 aliphatic rings. The first-order valence-corrected chi connectivity index (χ1v) is 13.0. The van der Waals surface area contributed by atoms with E-state index in [1.807, 2.05) is 6.07 Å². The van der Waals surface area contributed by atoms with Crippen molar-refractivity contribution in [2.24, 2.45) is 0 Å². The number of aromatic nitrogens is 1. The molecule has 1 aromatic heterocycles. The molecule has 0 saturated carbocycles. The number of hydrogen-bond donors (Lipinski definition) is 2. The molecule has 1 fully saturated rings. The Morgan fingerprint density at radius 1 is 1.13 bits per heavy atom. The Morgan fingerprint density at radius 3 is 2.68 bits per heavy atom. The smallest absolute Gasteiger partial charge is 0.255 e. The van der Waals surface area contributed by atoms with Gasteiger partial charge in [-0.2, -0.15) is 0 Å². The highest BCUT2D eigenvalue weighted by molar-refractivity contribution is 7.92. The highest BCUT2D eigenvalue weighted by Gasteiger charge is 2.31. The molecule has 1 amide bonds. The van der Waals surface area contributed by atoms with Gasteiger partial charge in [-0.3, -0.25) is 9.78 Å². The molecular formula is C20H18ClN3O5S2. The average Bonchev–Trinajstić information content (AvgIpc) is 3.05. The number of amides is 1. The van der Waals surface area contributed by atoms with E-state index in [0.717, 1.165) is 5.39 Å². The van der Waals surface area contributed by atoms with Crippen LogP contribution in [0.15, 0.2) is 59.6 Å². The molecule has 0 radical (unpaired) electrons. The number of carbonyl (C=O) groups excluding carboxylic acids is 1. The molecule has 162 valence electrons. The molecule has 0 aliphatic carbocycles. The van der Waals surface area contributed by atoms with Crippen LogP contribution in [-0.4, -0.2) is 45.3 Å². The van der Waals surface area contributed by atoms with Gasteiger partial charge in [-0.1, -0.05) is 23.7 Å². The molecule has 1 unspecified atom stereocenters. The molecule has 3 aromatic rings. The summed E-state index contributed by atoms with van der Waals surface area (Å²) in [5.74, 6) is -0.819. The summed E-state index contributed by atoms with van der Waals surface area (Å²) in [5, 5.41) is 3.89. The van der Waals surface area contributed by atoms with Gasteiger partial charge in [0.1, 0.15) is 0 Å². The maximum absolute atomic E-state index is 12.8. The molecule has 2 heterocycles. The van der Waals surface area contributed by atoms with Crippen molar-refractivity contribution < 1.29 is 21.6 Å². The molecule has 0 bridgehead atoms. The van der Waals surface area contributed by atoms with Crippen LogP contribution in [-0.2, 0) is 19.9 Å². The van der Waals surface area contributed by atoms with Gasteiger partial charge < -0.3 is 5.32 Å². The first kappa shape index (κ1) is 21.7. The van der Waals surface area contributed by atoms with E-state index in [0.29, 0.717) is 16.2 Å². The van der Waals surface area contributed by atoms with E-state index >= 15 is 0 Å². The lowest BCUT2D eigenvalue weighted by molar-refractivity contribution is 0.102. The normalized spacial score (nSPS) is 18.2. The summed E-state index contributed by atoms with van der Waals surface area (Å²) in [6.07, 6.45) is 1.81. The Labute approximate surface area is 184 Å². The number of pyridine rings is 1. The minimum Gasteiger partial charge on any atom is -0.320 e. The highest BCUT2D eigenvalue weighted by Crippen LogP contribution is 2.27. The van der Waals surface area contributed by atoms with Crippen molar-refractivity contribution in [2.75, 3.05) is 16.8 Å². The van der Waals surface area contributed by atoms with E-state index in [1.165, 1.54) is 24.3 Å². The number of fused-ring (bicyclic) bond motifs is 1. The summed E-state index contributed by atoms with van der Waals surface area (Å²) >= 11 is 6.13. The van der Waals surface area contributed by atoms with E-state index in [-0.39, 0.29) is 28.4 Å². The van der Waals surface area contributed by atoms with Crippen molar-refractivity contribution in [1.29, 1.82) is 0 Å². The molecular weight excluding hydrogens is 462 g/mol. The van der Waals surface area contributed by atoms with E-state index < -0.39 is 31.8 Å². The number of sulfone groups is 1. The molecule has 2 aromatic carbocycles. The van der Waals surface area contributed by atoms with Crippen LogP contribution in [0.1, 0.15) is 16.8 Å². The van der Waals surface area contributed by atoms with Crippen molar-refractivity contribution in [1.82, 2.24) is 9.71 Å². The number of nitrogens with one attached hydrogen (secondary N) is 2. The van der Waals surface area contributed by atoms with Crippen LogP contribution in [0.4, 0.5) is 5.69 Å². The van der Waals surface area contributed by atoms with Gasteiger partial charge >= 0.3 is 0 Å². The number of hydrogen-bond acceptors (Lipinski definition) is 6. The molecule has 4 rings (SSSR count). The summed E-state index contributed by atoms with van der Waals surface area (Å²) in [6.45, 7) is 0. The predicted octanol–water partition coefficient (Wildman–Crippen LogP) is 2.61. The van der Waals surface area contributed by atoms with Crippen LogP contribution < -0.4 is 10.0 Å². The maximum Gasteiger partial charge on any atom is 0.255 e. The Balaban J connectivity index is 1.58. The lowest BCUT2D eigenvalue weighted by Gasteiger charge is -2.13. The Bertz CT molecular complexity index is 1390. The second-order valence-corrected chi connectivity index (χ2v) is 11.6. The fourth-order valence-electron chi connectivity index (χ4n) is 3.43. The average molecular weight is 480 g/mol. The van der Waals surface area contributed by atoms with Crippen LogP contribution in [0.3, 0.4) is 0 Å². The molecule has 11 heteroatoms. The highest BCUT2D eigenvalue weighted by atomic mass is 35.5. The number of halogens is 1. The molecule has 1 saturated heterocycles. The quantitative estimate of drug-likeness (QED) is 0.580. The van der Waals surface area contributed by atoms with Crippen molar-refractivity contribution in [3.05, 3.63) is 65.3 Å². The summed E-state index contributed by atoms with van der Waals surface area (Å²) in [4.78, 5) is 16.9. The fraction of sp³-hybridized carbons (Fsp3) is 0.200. The molecule has 8 nitrogen and oxygen atoms in total. The van der Waals surface area contributed by atoms with Gasteiger partial charge in [0.2, 0.25) is 10.0 Å². The van der Waals surface area contributed by atoms with Gasteiger partial charge in [0.05, 0.1) is 27.6 Å². The number of benzene rings is 2. The third-order valence-electron chi connectivity index (χ3n) is 4.88. The topological polar surface area (TPSA) is 122 Å². The number of nitrogens with zero attached hydrogens (tertiary/aromatic N) is 1. The number of anilines is 1. The zero-order valence-corrected chi connectivity index (χ0v) is 18.5. The summed E-state index contributed by atoms with van der Waals surface area (Å²) in [5.41, 5.74) is 1.06. The van der Waals surface area contributed by atoms with Crippen molar-refractivity contribution >= 4 is 54.0 Å². The molecule has 0 spiro atoms. The van der Waals surface area contributed by atoms with Crippen molar-refractivity contribution in [3.8, 4) is 0 Å². The SMILES string of the molecule is O=C(Nc1cc(Cl)cc2cccnc12)c1cccc(S(=O)(=O)NC2CCS(=O)(=O)C2)c1. The Morgan fingerprint density at radius 2 is 1.94 bits per heavy atom. The lowest BCUT2D eigenvalue weighted by atomic mass is 10.1. The first-order chi connectivity index (χ1) is 14.6. The van der Waals surface area contributed by atoms with Crippen LogP contribution in [0, 0.1) is 0 Å². The molecule has 1 atom stereocenters. The molecule has 1 aliphatic heterocycles. The fourth-order valence-corrected chi connectivity index (χ4v) is 6.75. The Hall–Kier alpha value is -2.53. The number of rotatable bonds is 5. The summed E-state index contributed by atoms with van der Waals surface area (Å²) < 4.78 is 51.0. The van der Waals surface area contributed by atoms with E-state index in [1.54, 1.807) is 24.4 Å². The maximum atomic E-state index is 12.8. The minimum absolute atomic E-state index is 0.0513. The summed E-state index contributed by atoms with van der Waals surface area (Å²) in [6, 6.07) is 11.7. The third kappa shape index (κ3) is 4.87. The number of carbonyl (C=O) groups is 1. The Kier molecular flexibility index (Phi) is 5.73. The third-order valence-corrected chi connectivity index (χ3v) is 8.38. The van der Waals surface area contributed by atoms with Crippen LogP contribution >= 0.6 is 11.6 Å². The lowest BCUT2D eigenvalue weighted by Crippen LogP contribution is -2.35. The predicted molar refractivity (Wildman–Crippen MR) is 119 cm³/mol. The van der Waals surface area contributed by atoms with E-state index in [2.05, 4.69) is 15.0 Å². The molecule has 31 heavy (non-hydrogen) atoms. The van der Waals surface area contributed by atoms with Crippen molar-refractivity contribution in [3.63, 3.8) is 0 Å². The van der Waals surface area contributed by atoms with Gasteiger partial charge in [0.25, 0.3) is 5.91 Å². The zero-order valence-electron chi connectivity index (χ0n) is 16.1. The van der Waals surface area contributed by atoms with E-state index in [9.17, 15) is 21.6 Å². The standard InChI is InChI=1S/C20H18ClN3O5S2/c21-15-9-13-4-2-7-22-19(13)18(11-15)23-20(25)14-3-1-5-17(10-14)31(28,29)24-16-6-8-30(26,27)12-16/h1-5,7,9-11,16,24H,6,8,12H2,(H,23,25). The number of sulfonamides is 1. The second-order valence-electron chi connectivity index (χ2n) is 7.23. The largest absolute Gasteiger partial charge is 0.320 e. The van der Waals surface area contributed by atoms with Crippen LogP contribution in [0.25, 0.3) is 10.9 Å². The minimum atomic E-state index is -3.99. The van der Waals surface area contributed by atoms with E-state index in [4.69, 9.17) is 11.6 Å².